The second-order valence-electron chi connectivity index (χ2n) is 3.88. The lowest BCUT2D eigenvalue weighted by atomic mass is 10.2. The molecule has 2 aromatic rings. The minimum absolute atomic E-state index is 0.622. The average Bonchev–Trinajstić information content (AvgIpc) is 2.42. The maximum Gasteiger partial charge on any atom is 0.139 e. The van der Waals surface area contributed by atoms with E-state index in [9.17, 15) is 0 Å². The Labute approximate surface area is 112 Å². The first-order valence-electron chi connectivity index (χ1n) is 5.76. The number of pyridine rings is 1. The molecule has 0 saturated carbocycles. The third-order valence-corrected chi connectivity index (χ3v) is 2.96. The minimum atomic E-state index is 0.622. The van der Waals surface area contributed by atoms with Crippen LogP contribution in [0.4, 0.5) is 5.69 Å². The van der Waals surface area contributed by atoms with Gasteiger partial charge in [-0.3, -0.25) is 4.98 Å². The van der Waals surface area contributed by atoms with Gasteiger partial charge >= 0.3 is 0 Å². The summed E-state index contributed by atoms with van der Waals surface area (Å²) in [5, 5.41) is 3.96. The Morgan fingerprint density at radius 1 is 1.22 bits per heavy atom. The fourth-order valence-corrected chi connectivity index (χ4v) is 1.87. The Hall–Kier alpha value is -1.74. The summed E-state index contributed by atoms with van der Waals surface area (Å²) in [6, 6.07) is 9.70. The average molecular weight is 263 g/mol. The Balaban J connectivity index is 1.91. The van der Waals surface area contributed by atoms with Crippen LogP contribution in [0.15, 0.2) is 42.7 Å². The Bertz CT molecular complexity index is 502. The molecule has 3 nitrogen and oxygen atoms in total. The normalized spacial score (nSPS) is 10.1. The number of aromatic nitrogens is 1. The first-order chi connectivity index (χ1) is 8.79. The number of nitrogens with zero attached hydrogens (tertiary/aromatic N) is 1. The maximum atomic E-state index is 5.97. The highest BCUT2D eigenvalue weighted by Gasteiger charge is 2.01. The van der Waals surface area contributed by atoms with E-state index in [1.165, 1.54) is 5.56 Å². The first kappa shape index (κ1) is 12.7. The molecule has 0 amide bonds. The van der Waals surface area contributed by atoms with Gasteiger partial charge in [0.2, 0.25) is 0 Å². The van der Waals surface area contributed by atoms with Crippen molar-refractivity contribution in [1.82, 2.24) is 4.98 Å². The zero-order chi connectivity index (χ0) is 12.8. The van der Waals surface area contributed by atoms with E-state index in [0.717, 1.165) is 18.7 Å². The molecule has 0 aliphatic carbocycles. The third kappa shape index (κ3) is 3.37. The summed E-state index contributed by atoms with van der Waals surface area (Å²) in [6.07, 6.45) is 4.56. The van der Waals surface area contributed by atoms with Crippen molar-refractivity contribution in [2.24, 2.45) is 0 Å². The monoisotopic (exact) mass is 262 g/mol. The lowest BCUT2D eigenvalue weighted by Gasteiger charge is -2.09. The molecule has 4 heteroatoms. The van der Waals surface area contributed by atoms with Crippen LogP contribution < -0.4 is 10.1 Å². The molecule has 1 N–H and O–H groups in total. The van der Waals surface area contributed by atoms with Crippen molar-refractivity contribution in [1.29, 1.82) is 0 Å². The molecule has 0 atom stereocenters. The Morgan fingerprint density at radius 3 is 2.72 bits per heavy atom. The molecule has 1 aromatic carbocycles. The van der Waals surface area contributed by atoms with Gasteiger partial charge in [-0.1, -0.05) is 11.6 Å². The van der Waals surface area contributed by atoms with Crippen LogP contribution >= 0.6 is 11.6 Å². The van der Waals surface area contributed by atoms with Gasteiger partial charge < -0.3 is 10.1 Å². The van der Waals surface area contributed by atoms with Gasteiger partial charge in [0.1, 0.15) is 5.75 Å². The SMILES string of the molecule is COc1cc(NCCc2ccncc2)ccc1Cl. The summed E-state index contributed by atoms with van der Waals surface area (Å²) in [5.74, 6) is 0.686. The predicted molar refractivity (Wildman–Crippen MR) is 74.4 cm³/mol. The number of halogens is 1. The van der Waals surface area contributed by atoms with E-state index in [1.807, 2.05) is 30.3 Å². The van der Waals surface area contributed by atoms with Crippen LogP contribution in [0.5, 0.6) is 5.75 Å². The molecule has 18 heavy (non-hydrogen) atoms. The number of hydrogen-bond acceptors (Lipinski definition) is 3. The van der Waals surface area contributed by atoms with Crippen LogP contribution in [0.25, 0.3) is 0 Å². The van der Waals surface area contributed by atoms with Gasteiger partial charge in [0.15, 0.2) is 0 Å². The smallest absolute Gasteiger partial charge is 0.139 e. The molecule has 94 valence electrons. The summed E-state index contributed by atoms with van der Waals surface area (Å²) in [5.41, 5.74) is 2.27. The van der Waals surface area contributed by atoms with E-state index in [2.05, 4.69) is 10.3 Å². The van der Waals surface area contributed by atoms with Crippen molar-refractivity contribution < 1.29 is 4.74 Å². The number of methoxy groups -OCH3 is 1. The van der Waals surface area contributed by atoms with Crippen molar-refractivity contribution in [3.8, 4) is 5.75 Å². The van der Waals surface area contributed by atoms with Gasteiger partial charge in [-0.25, -0.2) is 0 Å². The number of hydrogen-bond donors (Lipinski definition) is 1. The van der Waals surface area contributed by atoms with E-state index in [-0.39, 0.29) is 0 Å². The predicted octanol–water partition coefficient (Wildman–Crippen LogP) is 3.40. The van der Waals surface area contributed by atoms with Gasteiger partial charge in [0.05, 0.1) is 12.1 Å². The summed E-state index contributed by atoms with van der Waals surface area (Å²) in [7, 11) is 1.61. The molecular formula is C14H15ClN2O. The second kappa shape index (κ2) is 6.26. The molecule has 0 unspecified atom stereocenters. The topological polar surface area (TPSA) is 34.1 Å². The van der Waals surface area contributed by atoms with Gasteiger partial charge in [-0.15, -0.1) is 0 Å². The molecule has 0 aliphatic rings. The Morgan fingerprint density at radius 2 is 2.00 bits per heavy atom. The molecule has 0 bridgehead atoms. The molecule has 2 rings (SSSR count). The third-order valence-electron chi connectivity index (χ3n) is 2.64. The van der Waals surface area contributed by atoms with Gasteiger partial charge in [-0.05, 0) is 36.2 Å². The summed E-state index contributed by atoms with van der Waals surface area (Å²) >= 11 is 5.97. The van der Waals surface area contributed by atoms with Crippen molar-refractivity contribution in [2.45, 2.75) is 6.42 Å². The highest BCUT2D eigenvalue weighted by Crippen LogP contribution is 2.27. The van der Waals surface area contributed by atoms with Crippen molar-refractivity contribution in [2.75, 3.05) is 19.0 Å². The molecule has 0 spiro atoms. The van der Waals surface area contributed by atoms with Gasteiger partial charge in [-0.2, -0.15) is 0 Å². The molecule has 0 saturated heterocycles. The first-order valence-corrected chi connectivity index (χ1v) is 6.13. The summed E-state index contributed by atoms with van der Waals surface area (Å²) in [4.78, 5) is 3.99. The summed E-state index contributed by atoms with van der Waals surface area (Å²) in [6.45, 7) is 0.856. The van der Waals surface area contributed by atoms with E-state index in [0.29, 0.717) is 10.8 Å². The lowest BCUT2D eigenvalue weighted by molar-refractivity contribution is 0.415. The highest BCUT2D eigenvalue weighted by atomic mass is 35.5. The zero-order valence-electron chi connectivity index (χ0n) is 10.2. The quantitative estimate of drug-likeness (QED) is 0.897. The molecule has 1 heterocycles. The van der Waals surface area contributed by atoms with Crippen molar-refractivity contribution in [3.05, 3.63) is 53.3 Å². The fourth-order valence-electron chi connectivity index (χ4n) is 1.67. The number of anilines is 1. The van der Waals surface area contributed by atoms with Crippen LogP contribution in [-0.2, 0) is 6.42 Å². The number of benzene rings is 1. The standard InChI is InChI=1S/C14H15ClN2O/c1-18-14-10-12(2-3-13(14)15)17-9-6-11-4-7-16-8-5-11/h2-5,7-8,10,17H,6,9H2,1H3. The van der Waals surface area contributed by atoms with Gasteiger partial charge in [0, 0.05) is 30.7 Å². The van der Waals surface area contributed by atoms with E-state index in [1.54, 1.807) is 19.5 Å². The molecule has 1 aromatic heterocycles. The largest absolute Gasteiger partial charge is 0.495 e. The minimum Gasteiger partial charge on any atom is -0.495 e. The molecule has 0 fully saturated rings. The van der Waals surface area contributed by atoms with Crippen molar-refractivity contribution in [3.63, 3.8) is 0 Å². The number of rotatable bonds is 5. The molecule has 0 aliphatic heterocycles. The Kier molecular flexibility index (Phi) is 4.42. The molecule has 0 radical (unpaired) electrons. The lowest BCUT2D eigenvalue weighted by Crippen LogP contribution is -2.04. The zero-order valence-corrected chi connectivity index (χ0v) is 10.9. The van der Waals surface area contributed by atoms with E-state index in [4.69, 9.17) is 16.3 Å². The summed E-state index contributed by atoms with van der Waals surface area (Å²) < 4.78 is 5.17. The van der Waals surface area contributed by atoms with Crippen LogP contribution in [0.2, 0.25) is 5.02 Å². The second-order valence-corrected chi connectivity index (χ2v) is 4.29. The van der Waals surface area contributed by atoms with Crippen LogP contribution in [0.3, 0.4) is 0 Å². The fraction of sp³-hybridized carbons (Fsp3) is 0.214. The van der Waals surface area contributed by atoms with E-state index >= 15 is 0 Å². The number of ether oxygens (including phenoxy) is 1. The van der Waals surface area contributed by atoms with E-state index < -0.39 is 0 Å². The van der Waals surface area contributed by atoms with Crippen LogP contribution in [0.1, 0.15) is 5.56 Å². The number of nitrogens with one attached hydrogen (secondary N) is 1. The van der Waals surface area contributed by atoms with Gasteiger partial charge in [0.25, 0.3) is 0 Å². The van der Waals surface area contributed by atoms with Crippen molar-refractivity contribution >= 4 is 17.3 Å². The van der Waals surface area contributed by atoms with Crippen LogP contribution in [-0.4, -0.2) is 18.6 Å². The van der Waals surface area contributed by atoms with Crippen LogP contribution in [0, 0.1) is 0 Å². The highest BCUT2D eigenvalue weighted by molar-refractivity contribution is 6.32. The maximum absolute atomic E-state index is 5.97. The molecular weight excluding hydrogens is 248 g/mol.